The minimum Gasteiger partial charge on any atom is -0.471 e. The van der Waals surface area contributed by atoms with Crippen LogP contribution in [-0.4, -0.2) is 50.2 Å². The summed E-state index contributed by atoms with van der Waals surface area (Å²) in [6, 6.07) is 1.70. The molecule has 0 bridgehead atoms. The fourth-order valence-corrected chi connectivity index (χ4v) is 1.96. The number of likely N-dealkylation sites (tertiary alicyclic amines) is 1. The Morgan fingerprint density at radius 1 is 1.36 bits per heavy atom. The lowest BCUT2D eigenvalue weighted by molar-refractivity contribution is -0.137. The molecule has 0 atom stereocenters. The predicted octanol–water partition coefficient (Wildman–Crippen LogP) is 1.12. The second-order valence-corrected chi connectivity index (χ2v) is 4.66. The van der Waals surface area contributed by atoms with Crippen LogP contribution in [0.2, 0.25) is 0 Å². The molecule has 1 saturated heterocycles. The highest BCUT2D eigenvalue weighted by atomic mass is 19.4. The highest BCUT2D eigenvalue weighted by Gasteiger charge is 2.35. The Hall–Kier alpha value is -2.65. The molecule has 3 heterocycles. The normalized spacial score (nSPS) is 15.5. The monoisotopic (exact) mass is 313 g/mol. The van der Waals surface area contributed by atoms with Gasteiger partial charge in [-0.2, -0.15) is 18.3 Å². The summed E-state index contributed by atoms with van der Waals surface area (Å²) in [4.78, 5) is 20.8. The number of nitrogens with one attached hydrogen (secondary N) is 1. The van der Waals surface area contributed by atoms with Gasteiger partial charge in [0.15, 0.2) is 0 Å². The van der Waals surface area contributed by atoms with Crippen molar-refractivity contribution >= 4 is 5.91 Å². The smallest absolute Gasteiger partial charge is 0.416 e. The number of alkyl halides is 3. The van der Waals surface area contributed by atoms with E-state index in [1.807, 2.05) is 0 Å². The zero-order chi connectivity index (χ0) is 15.7. The van der Waals surface area contributed by atoms with Gasteiger partial charge < -0.3 is 9.64 Å². The van der Waals surface area contributed by atoms with E-state index >= 15 is 0 Å². The van der Waals surface area contributed by atoms with Crippen LogP contribution < -0.4 is 4.74 Å². The van der Waals surface area contributed by atoms with Gasteiger partial charge in [0.25, 0.3) is 5.91 Å². The van der Waals surface area contributed by atoms with E-state index in [2.05, 4.69) is 20.2 Å². The molecule has 3 rings (SSSR count). The number of hydrogen-bond donors (Lipinski definition) is 1. The Morgan fingerprint density at radius 2 is 2.14 bits per heavy atom. The number of H-pyrrole nitrogens is 1. The Balaban J connectivity index is 1.57. The first kappa shape index (κ1) is 14.3. The van der Waals surface area contributed by atoms with Gasteiger partial charge in [-0.1, -0.05) is 0 Å². The van der Waals surface area contributed by atoms with Gasteiger partial charge in [-0.3, -0.25) is 9.89 Å². The van der Waals surface area contributed by atoms with Crippen LogP contribution in [0, 0.1) is 0 Å². The molecule has 0 aromatic carbocycles. The van der Waals surface area contributed by atoms with Crippen molar-refractivity contribution in [2.24, 2.45) is 0 Å². The number of amides is 1. The SMILES string of the molecule is O=C(c1ncn[nH]1)N1CC(Oc2cc(C(F)(F)F)ccn2)C1. The summed E-state index contributed by atoms with van der Waals surface area (Å²) in [7, 11) is 0. The molecule has 1 aliphatic rings. The molecule has 0 spiro atoms. The minimum atomic E-state index is -4.45. The van der Waals surface area contributed by atoms with Crippen molar-refractivity contribution in [3.63, 3.8) is 0 Å². The Morgan fingerprint density at radius 3 is 2.77 bits per heavy atom. The molecule has 7 nitrogen and oxygen atoms in total. The van der Waals surface area contributed by atoms with E-state index in [4.69, 9.17) is 4.74 Å². The maximum Gasteiger partial charge on any atom is 0.416 e. The third-order valence-electron chi connectivity index (χ3n) is 3.10. The zero-order valence-corrected chi connectivity index (χ0v) is 11.0. The van der Waals surface area contributed by atoms with Crippen molar-refractivity contribution in [3.8, 4) is 5.88 Å². The summed E-state index contributed by atoms with van der Waals surface area (Å²) < 4.78 is 43.1. The van der Waals surface area contributed by atoms with Gasteiger partial charge >= 0.3 is 6.18 Å². The molecule has 2 aromatic rings. The molecule has 0 saturated carbocycles. The number of pyridine rings is 1. The van der Waals surface area contributed by atoms with Crippen LogP contribution in [0.5, 0.6) is 5.88 Å². The fourth-order valence-electron chi connectivity index (χ4n) is 1.96. The van der Waals surface area contributed by atoms with Crippen LogP contribution in [-0.2, 0) is 6.18 Å². The molecule has 10 heteroatoms. The van der Waals surface area contributed by atoms with Crippen molar-refractivity contribution in [1.82, 2.24) is 25.1 Å². The summed E-state index contributed by atoms with van der Waals surface area (Å²) in [5, 5.41) is 6.02. The summed E-state index contributed by atoms with van der Waals surface area (Å²) in [5.41, 5.74) is -0.827. The van der Waals surface area contributed by atoms with Crippen LogP contribution in [0.15, 0.2) is 24.7 Å². The van der Waals surface area contributed by atoms with E-state index in [1.165, 1.54) is 11.2 Å². The summed E-state index contributed by atoms with van der Waals surface area (Å²) in [6.07, 6.45) is -2.60. The van der Waals surface area contributed by atoms with E-state index in [0.717, 1.165) is 18.3 Å². The molecular formula is C12H10F3N5O2. The third kappa shape index (κ3) is 2.85. The van der Waals surface area contributed by atoms with E-state index in [-0.39, 0.29) is 30.7 Å². The van der Waals surface area contributed by atoms with Crippen LogP contribution in [0.25, 0.3) is 0 Å². The van der Waals surface area contributed by atoms with Crippen LogP contribution in [0.4, 0.5) is 13.2 Å². The van der Waals surface area contributed by atoms with Gasteiger partial charge in [0.05, 0.1) is 18.7 Å². The molecule has 1 aliphatic heterocycles. The van der Waals surface area contributed by atoms with Gasteiger partial charge in [0, 0.05) is 12.3 Å². The minimum absolute atomic E-state index is 0.107. The van der Waals surface area contributed by atoms with E-state index in [1.54, 1.807) is 0 Å². The van der Waals surface area contributed by atoms with E-state index < -0.39 is 17.8 Å². The average molecular weight is 313 g/mol. The van der Waals surface area contributed by atoms with Crippen molar-refractivity contribution in [3.05, 3.63) is 36.0 Å². The Bertz CT molecular complexity index is 668. The van der Waals surface area contributed by atoms with E-state index in [0.29, 0.717) is 0 Å². The Labute approximate surface area is 122 Å². The second-order valence-electron chi connectivity index (χ2n) is 4.66. The van der Waals surface area contributed by atoms with Crippen molar-refractivity contribution in [1.29, 1.82) is 0 Å². The fraction of sp³-hybridized carbons (Fsp3) is 0.333. The van der Waals surface area contributed by atoms with Crippen LogP contribution in [0.1, 0.15) is 16.2 Å². The molecule has 0 unspecified atom stereocenters. The zero-order valence-electron chi connectivity index (χ0n) is 11.0. The maximum absolute atomic E-state index is 12.6. The highest BCUT2D eigenvalue weighted by Crippen LogP contribution is 2.31. The average Bonchev–Trinajstić information content (AvgIpc) is 2.95. The maximum atomic E-state index is 12.6. The van der Waals surface area contributed by atoms with Crippen LogP contribution in [0.3, 0.4) is 0 Å². The van der Waals surface area contributed by atoms with Gasteiger partial charge in [-0.05, 0) is 6.07 Å². The number of nitrogens with zero attached hydrogens (tertiary/aromatic N) is 4. The number of hydrogen-bond acceptors (Lipinski definition) is 5. The van der Waals surface area contributed by atoms with Gasteiger partial charge in [0.1, 0.15) is 12.4 Å². The summed E-state index contributed by atoms with van der Waals surface area (Å²) in [5.74, 6) is -0.350. The number of ether oxygens (including phenoxy) is 1. The third-order valence-corrected chi connectivity index (χ3v) is 3.10. The lowest BCUT2D eigenvalue weighted by Gasteiger charge is -2.38. The molecule has 1 amide bonds. The number of halogens is 3. The molecule has 22 heavy (non-hydrogen) atoms. The van der Waals surface area contributed by atoms with Gasteiger partial charge in [-0.25, -0.2) is 9.97 Å². The molecule has 116 valence electrons. The largest absolute Gasteiger partial charge is 0.471 e. The lowest BCUT2D eigenvalue weighted by atomic mass is 10.1. The van der Waals surface area contributed by atoms with Gasteiger partial charge in [0.2, 0.25) is 11.7 Å². The molecule has 0 radical (unpaired) electrons. The quantitative estimate of drug-likeness (QED) is 0.918. The predicted molar refractivity (Wildman–Crippen MR) is 65.9 cm³/mol. The number of carbonyl (C=O) groups excluding carboxylic acids is 1. The number of aromatic amines is 1. The van der Waals surface area contributed by atoms with Crippen LogP contribution >= 0.6 is 0 Å². The highest BCUT2D eigenvalue weighted by molar-refractivity contribution is 5.90. The first-order valence-corrected chi connectivity index (χ1v) is 6.28. The van der Waals surface area contributed by atoms with Gasteiger partial charge in [-0.15, -0.1) is 0 Å². The second kappa shape index (κ2) is 5.28. The van der Waals surface area contributed by atoms with Crippen molar-refractivity contribution in [2.75, 3.05) is 13.1 Å². The Kier molecular flexibility index (Phi) is 3.43. The number of rotatable bonds is 3. The first-order chi connectivity index (χ1) is 10.4. The number of aromatic nitrogens is 4. The molecule has 0 aliphatic carbocycles. The lowest BCUT2D eigenvalue weighted by Crippen LogP contribution is -2.56. The molecule has 1 N–H and O–H groups in total. The summed E-state index contributed by atoms with van der Waals surface area (Å²) in [6.45, 7) is 0.495. The topological polar surface area (TPSA) is 84.0 Å². The first-order valence-electron chi connectivity index (χ1n) is 6.28. The van der Waals surface area contributed by atoms with E-state index in [9.17, 15) is 18.0 Å². The summed E-state index contributed by atoms with van der Waals surface area (Å²) >= 11 is 0. The molecule has 1 fully saturated rings. The molecule has 2 aromatic heterocycles. The standard InChI is InChI=1S/C12H10F3N5O2/c13-12(14,15)7-1-2-16-9(3-7)22-8-4-20(5-8)11(21)10-17-6-18-19-10/h1-3,6,8H,4-5H2,(H,17,18,19). The van der Waals surface area contributed by atoms with Crippen molar-refractivity contribution < 1.29 is 22.7 Å². The molecular weight excluding hydrogens is 303 g/mol. The van der Waals surface area contributed by atoms with Crippen molar-refractivity contribution in [2.45, 2.75) is 12.3 Å². The number of carbonyl (C=O) groups is 1.